The zero-order valence-corrected chi connectivity index (χ0v) is 15.1. The Morgan fingerprint density at radius 3 is 2.75 bits per heavy atom. The van der Waals surface area contributed by atoms with E-state index in [-0.39, 0.29) is 0 Å². The van der Waals surface area contributed by atoms with Gasteiger partial charge < -0.3 is 9.72 Å². The van der Waals surface area contributed by atoms with Crippen LogP contribution in [0.5, 0.6) is 0 Å². The summed E-state index contributed by atoms with van der Waals surface area (Å²) in [4.78, 5) is 10.7. The highest BCUT2D eigenvalue weighted by atomic mass is 16.5. The molecule has 1 saturated heterocycles. The van der Waals surface area contributed by atoms with Gasteiger partial charge >= 0.3 is 0 Å². The summed E-state index contributed by atoms with van der Waals surface area (Å²) in [5.41, 5.74) is 3.80. The fraction of sp³-hybridized carbons (Fsp3) is 0.550. The molecule has 0 amide bonds. The highest BCUT2D eigenvalue weighted by Gasteiger charge is 2.29. The van der Waals surface area contributed by atoms with E-state index < -0.39 is 0 Å². The van der Waals surface area contributed by atoms with E-state index in [1.165, 1.54) is 17.0 Å². The van der Waals surface area contributed by atoms with E-state index >= 15 is 0 Å². The topological polar surface area (TPSA) is 41.2 Å². The highest BCUT2D eigenvalue weighted by molar-refractivity contribution is 5.16. The predicted octanol–water partition coefficient (Wildman–Crippen LogP) is 3.36. The molecule has 0 saturated carbocycles. The molecule has 130 valence electrons. The smallest absolute Gasteiger partial charge is 0.106 e. The molecular weight excluding hydrogens is 298 g/mol. The summed E-state index contributed by atoms with van der Waals surface area (Å²) in [5.74, 6) is 1.63. The number of benzene rings is 1. The number of piperidine rings is 1. The van der Waals surface area contributed by atoms with Crippen LogP contribution in [0.4, 0.5) is 0 Å². The van der Waals surface area contributed by atoms with Gasteiger partial charge in [0.1, 0.15) is 5.82 Å². The molecule has 1 aliphatic rings. The lowest BCUT2D eigenvalue weighted by molar-refractivity contribution is -0.00879. The van der Waals surface area contributed by atoms with Crippen LogP contribution in [-0.4, -0.2) is 41.2 Å². The number of aromatic nitrogens is 2. The van der Waals surface area contributed by atoms with E-state index in [1.807, 2.05) is 7.11 Å². The SMILES string of the molecule is CCc1nc(CN2CC[C@@H](OC)[C@H](Cc3ccccc3)C2)c(C)[nH]1. The Morgan fingerprint density at radius 1 is 1.29 bits per heavy atom. The molecule has 2 atom stereocenters. The molecule has 2 aromatic rings. The number of rotatable bonds is 6. The summed E-state index contributed by atoms with van der Waals surface area (Å²) in [6.45, 7) is 7.36. The first-order chi connectivity index (χ1) is 11.7. The standard InChI is InChI=1S/C20H29N3O/c1-4-20-21-15(2)18(22-20)14-23-11-10-19(24-3)17(13-23)12-16-8-6-5-7-9-16/h5-9,17,19H,4,10-14H2,1-3H3,(H,21,22)/t17-,19-/m1/s1. The number of ether oxygens (including phenoxy) is 1. The molecule has 0 radical (unpaired) electrons. The molecule has 1 fully saturated rings. The molecule has 0 aliphatic carbocycles. The van der Waals surface area contributed by atoms with Gasteiger partial charge in [-0.1, -0.05) is 37.3 Å². The minimum Gasteiger partial charge on any atom is -0.381 e. The third kappa shape index (κ3) is 4.05. The average Bonchev–Trinajstić information content (AvgIpc) is 2.96. The number of nitrogens with zero attached hydrogens (tertiary/aromatic N) is 2. The number of imidazole rings is 1. The van der Waals surface area contributed by atoms with Gasteiger partial charge in [0, 0.05) is 44.8 Å². The lowest BCUT2D eigenvalue weighted by atomic mass is 9.88. The number of H-pyrrole nitrogens is 1. The maximum Gasteiger partial charge on any atom is 0.106 e. The van der Waals surface area contributed by atoms with Crippen LogP contribution in [0.15, 0.2) is 30.3 Å². The maximum atomic E-state index is 5.77. The van der Waals surface area contributed by atoms with Crippen LogP contribution >= 0.6 is 0 Å². The molecule has 4 nitrogen and oxygen atoms in total. The third-order valence-electron chi connectivity index (χ3n) is 5.13. The summed E-state index contributed by atoms with van der Waals surface area (Å²) >= 11 is 0. The number of likely N-dealkylation sites (tertiary alicyclic amines) is 1. The monoisotopic (exact) mass is 327 g/mol. The Morgan fingerprint density at radius 2 is 2.08 bits per heavy atom. The lowest BCUT2D eigenvalue weighted by Crippen LogP contribution is -2.44. The van der Waals surface area contributed by atoms with Gasteiger partial charge in [-0.25, -0.2) is 4.98 Å². The Kier molecular flexibility index (Phi) is 5.69. The second kappa shape index (κ2) is 7.95. The van der Waals surface area contributed by atoms with E-state index in [4.69, 9.17) is 9.72 Å². The fourth-order valence-electron chi connectivity index (χ4n) is 3.75. The zero-order chi connectivity index (χ0) is 16.9. The number of hydrogen-bond donors (Lipinski definition) is 1. The summed E-state index contributed by atoms with van der Waals surface area (Å²) in [6.07, 6.45) is 3.49. The van der Waals surface area contributed by atoms with E-state index in [2.05, 4.69) is 54.1 Å². The van der Waals surface area contributed by atoms with Gasteiger partial charge in [0.2, 0.25) is 0 Å². The van der Waals surface area contributed by atoms with Crippen molar-refractivity contribution >= 4 is 0 Å². The maximum absolute atomic E-state index is 5.77. The molecule has 0 bridgehead atoms. The highest BCUT2D eigenvalue weighted by Crippen LogP contribution is 2.25. The van der Waals surface area contributed by atoms with Gasteiger partial charge in [0.25, 0.3) is 0 Å². The first-order valence-corrected chi connectivity index (χ1v) is 9.03. The number of nitrogens with one attached hydrogen (secondary N) is 1. The minimum atomic E-state index is 0.355. The Labute approximate surface area is 145 Å². The molecule has 1 aliphatic heterocycles. The van der Waals surface area contributed by atoms with Gasteiger partial charge in [0.15, 0.2) is 0 Å². The second-order valence-corrected chi connectivity index (χ2v) is 6.86. The van der Waals surface area contributed by atoms with Gasteiger partial charge in [-0.3, -0.25) is 4.90 Å². The Bertz CT molecular complexity index is 638. The van der Waals surface area contributed by atoms with Crippen molar-refractivity contribution in [2.24, 2.45) is 5.92 Å². The van der Waals surface area contributed by atoms with E-state index in [1.54, 1.807) is 0 Å². The summed E-state index contributed by atoms with van der Waals surface area (Å²) in [7, 11) is 1.85. The first kappa shape index (κ1) is 17.2. The Hall–Kier alpha value is -1.65. The van der Waals surface area contributed by atoms with Crippen molar-refractivity contribution in [3.8, 4) is 0 Å². The van der Waals surface area contributed by atoms with Crippen LogP contribution in [0, 0.1) is 12.8 Å². The van der Waals surface area contributed by atoms with Crippen LogP contribution in [0.3, 0.4) is 0 Å². The average molecular weight is 327 g/mol. The molecule has 3 rings (SSSR count). The van der Waals surface area contributed by atoms with Crippen molar-refractivity contribution in [2.45, 2.75) is 45.8 Å². The second-order valence-electron chi connectivity index (χ2n) is 6.86. The fourth-order valence-corrected chi connectivity index (χ4v) is 3.75. The molecular formula is C20H29N3O. The summed E-state index contributed by atoms with van der Waals surface area (Å²) in [6, 6.07) is 10.8. The van der Waals surface area contributed by atoms with Crippen molar-refractivity contribution in [2.75, 3.05) is 20.2 Å². The number of aromatic amines is 1. The van der Waals surface area contributed by atoms with Gasteiger partial charge in [0.05, 0.1) is 11.8 Å². The van der Waals surface area contributed by atoms with Crippen LogP contribution in [0.2, 0.25) is 0 Å². The quantitative estimate of drug-likeness (QED) is 0.884. The van der Waals surface area contributed by atoms with Crippen LogP contribution in [0.25, 0.3) is 0 Å². The van der Waals surface area contributed by atoms with E-state index in [0.29, 0.717) is 12.0 Å². The number of hydrogen-bond acceptors (Lipinski definition) is 3. The zero-order valence-electron chi connectivity index (χ0n) is 15.1. The normalized spacial score (nSPS) is 22.0. The molecule has 4 heteroatoms. The molecule has 1 aromatic heterocycles. The lowest BCUT2D eigenvalue weighted by Gasteiger charge is -2.37. The summed E-state index contributed by atoms with van der Waals surface area (Å²) < 4.78 is 5.77. The number of aryl methyl sites for hydroxylation is 2. The molecule has 1 N–H and O–H groups in total. The van der Waals surface area contributed by atoms with Crippen molar-refractivity contribution in [3.63, 3.8) is 0 Å². The van der Waals surface area contributed by atoms with Gasteiger partial charge in [-0.05, 0) is 25.3 Å². The minimum absolute atomic E-state index is 0.355. The van der Waals surface area contributed by atoms with Crippen LogP contribution in [0.1, 0.15) is 36.1 Å². The van der Waals surface area contributed by atoms with Crippen molar-refractivity contribution in [3.05, 3.63) is 53.1 Å². The molecule has 0 spiro atoms. The largest absolute Gasteiger partial charge is 0.381 e. The van der Waals surface area contributed by atoms with Gasteiger partial charge in [-0.15, -0.1) is 0 Å². The predicted molar refractivity (Wildman–Crippen MR) is 97.0 cm³/mol. The molecule has 2 heterocycles. The van der Waals surface area contributed by atoms with E-state index in [0.717, 1.165) is 44.7 Å². The van der Waals surface area contributed by atoms with E-state index in [9.17, 15) is 0 Å². The van der Waals surface area contributed by atoms with Crippen molar-refractivity contribution in [1.82, 2.24) is 14.9 Å². The summed E-state index contributed by atoms with van der Waals surface area (Å²) in [5, 5.41) is 0. The molecule has 0 unspecified atom stereocenters. The Balaban J connectivity index is 1.66. The third-order valence-corrected chi connectivity index (χ3v) is 5.13. The first-order valence-electron chi connectivity index (χ1n) is 9.03. The molecule has 1 aromatic carbocycles. The number of methoxy groups -OCH3 is 1. The molecule has 24 heavy (non-hydrogen) atoms. The van der Waals surface area contributed by atoms with Crippen LogP contribution in [-0.2, 0) is 24.1 Å². The van der Waals surface area contributed by atoms with Gasteiger partial charge in [-0.2, -0.15) is 0 Å². The van der Waals surface area contributed by atoms with Crippen molar-refractivity contribution in [1.29, 1.82) is 0 Å². The van der Waals surface area contributed by atoms with Crippen LogP contribution < -0.4 is 0 Å². The van der Waals surface area contributed by atoms with Crippen molar-refractivity contribution < 1.29 is 4.74 Å².